The molecular weight excluding hydrogens is 298 g/mol. The number of carbonyl (C=O) groups excluding carboxylic acids is 1. The van der Waals surface area contributed by atoms with Crippen molar-refractivity contribution in [2.45, 2.75) is 19.4 Å². The van der Waals surface area contributed by atoms with E-state index in [1.807, 2.05) is 24.3 Å². The van der Waals surface area contributed by atoms with Gasteiger partial charge in [0.25, 0.3) is 0 Å². The number of benzene rings is 1. The molecule has 1 aromatic heterocycles. The fourth-order valence-corrected chi connectivity index (χ4v) is 2.38. The SMILES string of the molecule is COc1ccc(CCC(=O)OCc2csc(Cl)n2)cc1. The lowest BCUT2D eigenvalue weighted by molar-refractivity contribution is -0.145. The molecule has 4 nitrogen and oxygen atoms in total. The van der Waals surface area contributed by atoms with Crippen LogP contribution in [0.5, 0.6) is 5.75 Å². The van der Waals surface area contributed by atoms with Crippen molar-refractivity contribution in [2.24, 2.45) is 0 Å². The fourth-order valence-electron chi connectivity index (χ4n) is 1.61. The van der Waals surface area contributed by atoms with Crippen LogP contribution in [0.4, 0.5) is 0 Å². The third kappa shape index (κ3) is 4.51. The number of carbonyl (C=O) groups is 1. The predicted molar refractivity (Wildman–Crippen MR) is 78.2 cm³/mol. The van der Waals surface area contributed by atoms with Gasteiger partial charge < -0.3 is 9.47 Å². The minimum absolute atomic E-state index is 0.171. The van der Waals surface area contributed by atoms with Gasteiger partial charge in [0.2, 0.25) is 0 Å². The molecule has 0 aliphatic carbocycles. The Labute approximate surface area is 126 Å². The van der Waals surface area contributed by atoms with Gasteiger partial charge >= 0.3 is 5.97 Å². The van der Waals surface area contributed by atoms with E-state index in [0.717, 1.165) is 11.3 Å². The summed E-state index contributed by atoms with van der Waals surface area (Å²) in [6.07, 6.45) is 0.977. The summed E-state index contributed by atoms with van der Waals surface area (Å²) in [5.41, 5.74) is 1.75. The van der Waals surface area contributed by atoms with E-state index >= 15 is 0 Å². The lowest BCUT2D eigenvalue weighted by Crippen LogP contribution is -2.06. The predicted octanol–water partition coefficient (Wildman–Crippen LogP) is 3.48. The third-order valence-electron chi connectivity index (χ3n) is 2.68. The summed E-state index contributed by atoms with van der Waals surface area (Å²) >= 11 is 7.02. The normalized spacial score (nSPS) is 10.3. The Morgan fingerprint density at radius 1 is 1.35 bits per heavy atom. The van der Waals surface area contributed by atoms with Crippen molar-refractivity contribution in [2.75, 3.05) is 7.11 Å². The van der Waals surface area contributed by atoms with Crippen LogP contribution in [-0.2, 0) is 22.6 Å². The zero-order chi connectivity index (χ0) is 14.4. The second-order valence-corrected chi connectivity index (χ2v) is 5.54. The molecule has 0 N–H and O–H groups in total. The van der Waals surface area contributed by atoms with E-state index in [1.54, 1.807) is 12.5 Å². The second-order valence-electron chi connectivity index (χ2n) is 4.10. The molecule has 20 heavy (non-hydrogen) atoms. The zero-order valence-electron chi connectivity index (χ0n) is 11.0. The van der Waals surface area contributed by atoms with Crippen LogP contribution in [0.25, 0.3) is 0 Å². The number of ether oxygens (including phenoxy) is 2. The van der Waals surface area contributed by atoms with Gasteiger partial charge in [0.15, 0.2) is 4.47 Å². The Balaban J connectivity index is 1.74. The van der Waals surface area contributed by atoms with Gasteiger partial charge in [0.05, 0.1) is 12.8 Å². The summed E-state index contributed by atoms with van der Waals surface area (Å²) in [6.45, 7) is 0.171. The van der Waals surface area contributed by atoms with Crippen LogP contribution in [0.3, 0.4) is 0 Å². The van der Waals surface area contributed by atoms with E-state index in [9.17, 15) is 4.79 Å². The Morgan fingerprint density at radius 2 is 2.10 bits per heavy atom. The number of hydrogen-bond donors (Lipinski definition) is 0. The molecule has 0 spiro atoms. The van der Waals surface area contributed by atoms with Gasteiger partial charge in [-0.15, -0.1) is 11.3 Å². The average Bonchev–Trinajstić information content (AvgIpc) is 2.89. The minimum atomic E-state index is -0.245. The standard InChI is InChI=1S/C14H14ClNO3S/c1-18-12-5-2-10(3-6-12)4-7-13(17)19-8-11-9-20-14(15)16-11/h2-3,5-6,9H,4,7-8H2,1H3. The number of methoxy groups -OCH3 is 1. The van der Waals surface area contributed by atoms with Crippen LogP contribution in [0.1, 0.15) is 17.7 Å². The number of halogens is 1. The van der Waals surface area contributed by atoms with Gasteiger partial charge in [-0.2, -0.15) is 0 Å². The molecular formula is C14H14ClNO3S. The van der Waals surface area contributed by atoms with Gasteiger partial charge in [-0.05, 0) is 24.1 Å². The summed E-state index contributed by atoms with van der Waals surface area (Å²) in [6, 6.07) is 7.62. The first-order chi connectivity index (χ1) is 9.67. The van der Waals surface area contributed by atoms with E-state index in [2.05, 4.69) is 4.98 Å². The molecule has 0 aliphatic rings. The van der Waals surface area contributed by atoms with Crippen LogP contribution >= 0.6 is 22.9 Å². The monoisotopic (exact) mass is 311 g/mol. The summed E-state index contributed by atoms with van der Waals surface area (Å²) in [5.74, 6) is 0.557. The Hall–Kier alpha value is -1.59. The van der Waals surface area contributed by atoms with Crippen LogP contribution in [0, 0.1) is 0 Å². The zero-order valence-corrected chi connectivity index (χ0v) is 12.5. The Bertz CT molecular complexity index is 568. The van der Waals surface area contributed by atoms with Crippen molar-refractivity contribution in [1.29, 1.82) is 0 Å². The van der Waals surface area contributed by atoms with Crippen molar-refractivity contribution in [3.63, 3.8) is 0 Å². The number of rotatable bonds is 6. The molecule has 0 saturated heterocycles. The smallest absolute Gasteiger partial charge is 0.306 e. The lowest BCUT2D eigenvalue weighted by atomic mass is 10.1. The van der Waals surface area contributed by atoms with E-state index in [-0.39, 0.29) is 12.6 Å². The Kier molecular flexibility index (Phi) is 5.38. The molecule has 106 valence electrons. The van der Waals surface area contributed by atoms with E-state index in [0.29, 0.717) is 23.0 Å². The van der Waals surface area contributed by atoms with Gasteiger partial charge in [-0.25, -0.2) is 4.98 Å². The molecule has 1 aromatic carbocycles. The maximum absolute atomic E-state index is 11.6. The first-order valence-electron chi connectivity index (χ1n) is 6.06. The molecule has 0 fully saturated rings. The number of nitrogens with zero attached hydrogens (tertiary/aromatic N) is 1. The molecule has 0 atom stereocenters. The van der Waals surface area contributed by atoms with Crippen molar-refractivity contribution >= 4 is 28.9 Å². The van der Waals surface area contributed by atoms with E-state index in [4.69, 9.17) is 21.1 Å². The number of thiazole rings is 1. The molecule has 6 heteroatoms. The maximum Gasteiger partial charge on any atom is 0.306 e. The Morgan fingerprint density at radius 3 is 2.70 bits per heavy atom. The van der Waals surface area contributed by atoms with Gasteiger partial charge in [-0.1, -0.05) is 23.7 Å². The number of esters is 1. The summed E-state index contributed by atoms with van der Waals surface area (Å²) in [5, 5.41) is 1.78. The molecule has 0 saturated carbocycles. The highest BCUT2D eigenvalue weighted by Crippen LogP contribution is 2.16. The third-order valence-corrected chi connectivity index (χ3v) is 3.71. The van der Waals surface area contributed by atoms with E-state index in [1.165, 1.54) is 11.3 Å². The molecule has 0 amide bonds. The molecule has 0 radical (unpaired) electrons. The second kappa shape index (κ2) is 7.26. The molecule has 0 aliphatic heterocycles. The number of aromatic nitrogens is 1. The summed E-state index contributed by atoms with van der Waals surface area (Å²) in [4.78, 5) is 15.6. The first kappa shape index (κ1) is 14.8. The highest BCUT2D eigenvalue weighted by Gasteiger charge is 2.06. The molecule has 1 heterocycles. The quantitative estimate of drug-likeness (QED) is 0.766. The van der Waals surface area contributed by atoms with Crippen LogP contribution < -0.4 is 4.74 Å². The molecule has 0 bridgehead atoms. The maximum atomic E-state index is 11.6. The topological polar surface area (TPSA) is 48.4 Å². The van der Waals surface area contributed by atoms with Crippen LogP contribution in [0.2, 0.25) is 4.47 Å². The number of aryl methyl sites for hydroxylation is 1. The number of hydrogen-bond acceptors (Lipinski definition) is 5. The van der Waals surface area contributed by atoms with Crippen molar-refractivity contribution in [3.05, 3.63) is 45.4 Å². The van der Waals surface area contributed by atoms with E-state index < -0.39 is 0 Å². The van der Waals surface area contributed by atoms with Crippen LogP contribution in [-0.4, -0.2) is 18.1 Å². The van der Waals surface area contributed by atoms with Gasteiger partial charge in [-0.3, -0.25) is 4.79 Å². The average molecular weight is 312 g/mol. The largest absolute Gasteiger partial charge is 0.497 e. The van der Waals surface area contributed by atoms with Gasteiger partial charge in [0.1, 0.15) is 12.4 Å². The lowest BCUT2D eigenvalue weighted by Gasteiger charge is -2.04. The molecule has 2 rings (SSSR count). The molecule has 0 unspecified atom stereocenters. The highest BCUT2D eigenvalue weighted by molar-refractivity contribution is 7.13. The first-order valence-corrected chi connectivity index (χ1v) is 7.31. The van der Waals surface area contributed by atoms with Crippen molar-refractivity contribution in [3.8, 4) is 5.75 Å². The van der Waals surface area contributed by atoms with Crippen LogP contribution in [0.15, 0.2) is 29.6 Å². The molecule has 2 aromatic rings. The summed E-state index contributed by atoms with van der Waals surface area (Å²) in [7, 11) is 1.62. The fraction of sp³-hybridized carbons (Fsp3) is 0.286. The summed E-state index contributed by atoms with van der Waals surface area (Å²) < 4.78 is 10.7. The highest BCUT2D eigenvalue weighted by atomic mass is 35.5. The van der Waals surface area contributed by atoms with Crippen molar-refractivity contribution < 1.29 is 14.3 Å². The van der Waals surface area contributed by atoms with Crippen molar-refractivity contribution in [1.82, 2.24) is 4.98 Å². The minimum Gasteiger partial charge on any atom is -0.497 e. The van der Waals surface area contributed by atoms with Gasteiger partial charge in [0, 0.05) is 11.8 Å².